The van der Waals surface area contributed by atoms with Gasteiger partial charge in [0.1, 0.15) is 11.5 Å². The lowest BCUT2D eigenvalue weighted by Gasteiger charge is -2.45. The third kappa shape index (κ3) is 1.91. The maximum Gasteiger partial charge on any atom is 0.270 e. The number of likely N-dealkylation sites (N-methyl/N-ethyl adjacent to an activating group) is 1. The van der Waals surface area contributed by atoms with Crippen LogP contribution in [0, 0.1) is 10.1 Å². The first kappa shape index (κ1) is 15.5. The predicted octanol–water partition coefficient (Wildman–Crippen LogP) is 3.83. The number of hydrogen-bond acceptors (Lipinski definition) is 5. The Morgan fingerprint density at radius 2 is 1.96 bits per heavy atom. The Morgan fingerprint density at radius 1 is 1.20 bits per heavy atom. The molecule has 1 unspecified atom stereocenters. The number of phenolic OH excluding ortho intramolecular Hbond substituents is 1. The first-order valence-electron chi connectivity index (χ1n) is 8.00. The minimum absolute atomic E-state index is 0.0372. The van der Waals surface area contributed by atoms with Crippen LogP contribution in [0.2, 0.25) is 0 Å². The Morgan fingerprint density at radius 3 is 2.68 bits per heavy atom. The van der Waals surface area contributed by atoms with Crippen molar-refractivity contribution in [1.29, 1.82) is 0 Å². The third-order valence-electron chi connectivity index (χ3n) is 5.37. The Labute approximate surface area is 145 Å². The fraction of sp³-hybridized carbons (Fsp3) is 0.263. The molecule has 2 aliphatic heterocycles. The Bertz CT molecular complexity index is 935. The third-order valence-corrected chi connectivity index (χ3v) is 5.37. The summed E-state index contributed by atoms with van der Waals surface area (Å²) in [5.74, 6) is 0.818. The van der Waals surface area contributed by atoms with Crippen molar-refractivity contribution in [3.63, 3.8) is 0 Å². The number of nitro benzene ring substituents is 1. The zero-order valence-corrected chi connectivity index (χ0v) is 14.2. The predicted molar refractivity (Wildman–Crippen MR) is 95.0 cm³/mol. The van der Waals surface area contributed by atoms with Gasteiger partial charge in [-0.25, -0.2) is 0 Å². The number of nitrogens with zero attached hydrogens (tertiary/aromatic N) is 2. The summed E-state index contributed by atoms with van der Waals surface area (Å²) in [5.41, 5.74) is 1.48. The highest BCUT2D eigenvalue weighted by Crippen LogP contribution is 2.54. The molecule has 0 aromatic heterocycles. The van der Waals surface area contributed by atoms with Crippen molar-refractivity contribution in [2.75, 3.05) is 11.9 Å². The van der Waals surface area contributed by atoms with Gasteiger partial charge in [0.25, 0.3) is 5.69 Å². The second-order valence-electron chi connectivity index (χ2n) is 7.00. The molecule has 0 fully saturated rings. The van der Waals surface area contributed by atoms with E-state index in [1.165, 1.54) is 12.1 Å². The van der Waals surface area contributed by atoms with Gasteiger partial charge in [0, 0.05) is 30.4 Å². The molecule has 0 saturated heterocycles. The van der Waals surface area contributed by atoms with Crippen LogP contribution < -0.4 is 9.64 Å². The van der Waals surface area contributed by atoms with Crippen LogP contribution in [0.4, 0.5) is 11.4 Å². The fourth-order valence-electron chi connectivity index (χ4n) is 3.90. The number of anilines is 1. The molecular formula is C19H18N2O4. The highest BCUT2D eigenvalue weighted by molar-refractivity contribution is 5.73. The van der Waals surface area contributed by atoms with Crippen LogP contribution in [-0.4, -0.2) is 22.8 Å². The fourth-order valence-corrected chi connectivity index (χ4v) is 3.90. The molecule has 0 radical (unpaired) electrons. The summed E-state index contributed by atoms with van der Waals surface area (Å²) < 4.78 is 6.40. The molecule has 1 N–H and O–H groups in total. The Hall–Kier alpha value is -3.02. The molecule has 25 heavy (non-hydrogen) atoms. The van der Waals surface area contributed by atoms with E-state index in [0.29, 0.717) is 11.3 Å². The van der Waals surface area contributed by atoms with Crippen LogP contribution in [0.25, 0.3) is 6.08 Å². The first-order valence-corrected chi connectivity index (χ1v) is 8.00. The molecule has 128 valence electrons. The first-order chi connectivity index (χ1) is 11.8. The van der Waals surface area contributed by atoms with Crippen molar-refractivity contribution in [2.24, 2.45) is 0 Å². The zero-order chi connectivity index (χ0) is 18.0. The molecule has 1 spiro atoms. The maximum absolute atomic E-state index is 11.0. The van der Waals surface area contributed by atoms with Gasteiger partial charge in [-0.15, -0.1) is 0 Å². The van der Waals surface area contributed by atoms with E-state index in [9.17, 15) is 15.2 Å². The molecule has 2 heterocycles. The SMILES string of the molecule is CN1c2ccc(O)cc2C(C)(C)C12C=Cc1cc([N+](=O)[O-])ccc1O2. The second-order valence-corrected chi connectivity index (χ2v) is 7.00. The van der Waals surface area contributed by atoms with Crippen molar-refractivity contribution in [3.05, 3.63) is 63.7 Å². The van der Waals surface area contributed by atoms with E-state index in [2.05, 4.69) is 13.8 Å². The molecule has 0 bridgehead atoms. The van der Waals surface area contributed by atoms with Gasteiger partial charge in [0.05, 0.1) is 10.3 Å². The number of non-ortho nitro benzene ring substituents is 1. The normalized spacial score (nSPS) is 22.4. The second kappa shape index (κ2) is 4.75. The van der Waals surface area contributed by atoms with E-state index in [1.807, 2.05) is 30.2 Å². The summed E-state index contributed by atoms with van der Waals surface area (Å²) in [6.45, 7) is 4.13. The number of phenols is 1. The summed E-state index contributed by atoms with van der Waals surface area (Å²) in [6, 6.07) is 9.91. The van der Waals surface area contributed by atoms with Gasteiger partial charge in [-0.2, -0.15) is 0 Å². The minimum Gasteiger partial charge on any atom is -0.508 e. The number of ether oxygens (including phenoxy) is 1. The minimum atomic E-state index is -0.772. The van der Waals surface area contributed by atoms with Crippen molar-refractivity contribution in [2.45, 2.75) is 25.0 Å². The highest BCUT2D eigenvalue weighted by Gasteiger charge is 2.57. The van der Waals surface area contributed by atoms with Crippen LogP contribution in [0.5, 0.6) is 11.5 Å². The van der Waals surface area contributed by atoms with Gasteiger partial charge < -0.3 is 14.7 Å². The highest BCUT2D eigenvalue weighted by atomic mass is 16.6. The molecule has 2 aliphatic rings. The monoisotopic (exact) mass is 338 g/mol. The number of benzene rings is 2. The summed E-state index contributed by atoms with van der Waals surface area (Å²) in [5, 5.41) is 20.9. The molecule has 4 rings (SSSR count). The molecular weight excluding hydrogens is 320 g/mol. The van der Waals surface area contributed by atoms with E-state index in [1.54, 1.807) is 18.2 Å². The van der Waals surface area contributed by atoms with Crippen LogP contribution in [0.15, 0.2) is 42.5 Å². The average molecular weight is 338 g/mol. The number of hydrogen-bond donors (Lipinski definition) is 1. The Balaban J connectivity index is 1.85. The number of nitro groups is 1. The molecule has 0 saturated carbocycles. The van der Waals surface area contributed by atoms with Gasteiger partial charge in [-0.05, 0) is 55.8 Å². The van der Waals surface area contributed by atoms with Gasteiger partial charge in [0.2, 0.25) is 5.72 Å². The lowest BCUT2D eigenvalue weighted by molar-refractivity contribution is -0.384. The van der Waals surface area contributed by atoms with Crippen molar-refractivity contribution in [3.8, 4) is 11.5 Å². The van der Waals surface area contributed by atoms with E-state index < -0.39 is 16.1 Å². The molecule has 6 heteroatoms. The van der Waals surface area contributed by atoms with E-state index in [-0.39, 0.29) is 11.4 Å². The lowest BCUT2D eigenvalue weighted by atomic mass is 9.76. The summed E-state index contributed by atoms with van der Waals surface area (Å²) in [4.78, 5) is 12.6. The van der Waals surface area contributed by atoms with Gasteiger partial charge in [0.15, 0.2) is 0 Å². The van der Waals surface area contributed by atoms with E-state index >= 15 is 0 Å². The molecule has 0 amide bonds. The smallest absolute Gasteiger partial charge is 0.270 e. The zero-order valence-electron chi connectivity index (χ0n) is 14.2. The number of rotatable bonds is 1. The standard InChI is InChI=1S/C19H18N2O4/c1-18(2)15-11-14(22)5-6-16(15)20(3)19(18)9-8-12-10-13(21(23)24)4-7-17(12)25-19/h4-11,22H,1-3H3. The average Bonchev–Trinajstić information content (AvgIpc) is 2.73. The van der Waals surface area contributed by atoms with E-state index in [0.717, 1.165) is 11.3 Å². The van der Waals surface area contributed by atoms with Crippen LogP contribution in [0.3, 0.4) is 0 Å². The Kier molecular flexibility index (Phi) is 2.95. The van der Waals surface area contributed by atoms with Gasteiger partial charge in [-0.3, -0.25) is 10.1 Å². The maximum atomic E-state index is 11.0. The lowest BCUT2D eigenvalue weighted by Crippen LogP contribution is -2.58. The summed E-state index contributed by atoms with van der Waals surface area (Å²) >= 11 is 0. The topological polar surface area (TPSA) is 75.8 Å². The number of fused-ring (bicyclic) bond motifs is 2. The largest absolute Gasteiger partial charge is 0.508 e. The van der Waals surface area contributed by atoms with Crippen LogP contribution in [-0.2, 0) is 5.41 Å². The summed E-state index contributed by atoms with van der Waals surface area (Å²) in [7, 11) is 1.95. The molecule has 0 aliphatic carbocycles. The molecule has 2 aromatic carbocycles. The van der Waals surface area contributed by atoms with Gasteiger partial charge >= 0.3 is 0 Å². The molecule has 1 atom stereocenters. The quantitative estimate of drug-likeness (QED) is 0.632. The summed E-state index contributed by atoms with van der Waals surface area (Å²) in [6.07, 6.45) is 3.81. The van der Waals surface area contributed by atoms with Crippen molar-refractivity contribution < 1.29 is 14.8 Å². The van der Waals surface area contributed by atoms with E-state index in [4.69, 9.17) is 4.74 Å². The van der Waals surface area contributed by atoms with Crippen LogP contribution >= 0.6 is 0 Å². The van der Waals surface area contributed by atoms with Crippen molar-refractivity contribution in [1.82, 2.24) is 0 Å². The van der Waals surface area contributed by atoms with Crippen molar-refractivity contribution >= 4 is 17.5 Å². The molecule has 6 nitrogen and oxygen atoms in total. The molecule has 2 aromatic rings. The van der Waals surface area contributed by atoms with Gasteiger partial charge in [-0.1, -0.05) is 0 Å². The number of aromatic hydroxyl groups is 1. The van der Waals surface area contributed by atoms with Crippen LogP contribution in [0.1, 0.15) is 25.0 Å².